The summed E-state index contributed by atoms with van der Waals surface area (Å²) in [5, 5.41) is 8.52. The number of carbonyl (C=O) groups is 1. The Hall–Kier alpha value is -1.65. The van der Waals surface area contributed by atoms with Crippen LogP contribution in [0.1, 0.15) is 36.7 Å². The number of hydrogen-bond donors (Lipinski definition) is 2. The highest BCUT2D eigenvalue weighted by Gasteiger charge is 2.26. The highest BCUT2D eigenvalue weighted by atomic mass is 16.4. The molecule has 0 aliphatic heterocycles. The number of carboxylic acid groups (broad SMARTS) is 1. The number of nitrogens with one attached hydrogen (secondary N) is 1. The molecule has 0 amide bonds. The lowest BCUT2D eigenvalue weighted by Gasteiger charge is -2.01. The Bertz CT molecular complexity index is 435. The summed E-state index contributed by atoms with van der Waals surface area (Å²) in [6.45, 7) is 0. The molecule has 1 saturated carbocycles. The first-order chi connectivity index (χ1) is 7.15. The lowest BCUT2D eigenvalue weighted by Crippen LogP contribution is -2.13. The highest BCUT2D eigenvalue weighted by Crippen LogP contribution is 2.37. The standard InChI is InChI=1S/C10H12N2O3/c13-8-5-7(3-4-9(14)15)11-10(12-8)6-1-2-6/h5-6H,1-4H2,(H,14,15)(H,11,12,13). The molecule has 1 aromatic heterocycles. The number of aromatic amines is 1. The number of hydrogen-bond acceptors (Lipinski definition) is 3. The van der Waals surface area contributed by atoms with Gasteiger partial charge in [-0.25, -0.2) is 4.98 Å². The molecular formula is C10H12N2O3. The molecule has 1 aliphatic rings. The van der Waals surface area contributed by atoms with E-state index in [1.165, 1.54) is 6.07 Å². The van der Waals surface area contributed by atoms with Crippen molar-refractivity contribution in [2.24, 2.45) is 0 Å². The molecule has 2 rings (SSSR count). The first-order valence-corrected chi connectivity index (χ1v) is 4.97. The topological polar surface area (TPSA) is 83.0 Å². The minimum atomic E-state index is -0.870. The maximum absolute atomic E-state index is 11.2. The number of aliphatic carboxylic acids is 1. The predicted molar refractivity (Wildman–Crippen MR) is 52.8 cm³/mol. The van der Waals surface area contributed by atoms with Crippen LogP contribution in [0.15, 0.2) is 10.9 Å². The van der Waals surface area contributed by atoms with Crippen molar-refractivity contribution in [1.82, 2.24) is 9.97 Å². The van der Waals surface area contributed by atoms with Crippen LogP contribution in [0.2, 0.25) is 0 Å². The molecule has 0 aromatic carbocycles. The van der Waals surface area contributed by atoms with Gasteiger partial charge in [0.25, 0.3) is 5.56 Å². The van der Waals surface area contributed by atoms with E-state index in [1.54, 1.807) is 0 Å². The number of H-pyrrole nitrogens is 1. The van der Waals surface area contributed by atoms with Crippen LogP contribution < -0.4 is 5.56 Å². The van der Waals surface area contributed by atoms with Crippen LogP contribution in [-0.4, -0.2) is 21.0 Å². The predicted octanol–water partition coefficient (Wildman–Crippen LogP) is 0.665. The minimum absolute atomic E-state index is 0.0144. The van der Waals surface area contributed by atoms with Gasteiger partial charge in [0, 0.05) is 24.1 Å². The Kier molecular flexibility index (Phi) is 2.53. The van der Waals surface area contributed by atoms with Gasteiger partial charge >= 0.3 is 5.97 Å². The molecule has 0 spiro atoms. The highest BCUT2D eigenvalue weighted by molar-refractivity contribution is 5.66. The quantitative estimate of drug-likeness (QED) is 0.761. The van der Waals surface area contributed by atoms with Crippen molar-refractivity contribution in [1.29, 1.82) is 0 Å². The maximum atomic E-state index is 11.2. The first kappa shape index (κ1) is 9.89. The molecule has 1 aromatic rings. The Morgan fingerprint density at radius 1 is 1.60 bits per heavy atom. The molecule has 0 saturated heterocycles. The fraction of sp³-hybridized carbons (Fsp3) is 0.500. The van der Waals surface area contributed by atoms with Gasteiger partial charge in [0.15, 0.2) is 0 Å². The van der Waals surface area contributed by atoms with Gasteiger partial charge in [-0.2, -0.15) is 0 Å². The summed E-state index contributed by atoms with van der Waals surface area (Å²) in [4.78, 5) is 28.6. The Morgan fingerprint density at radius 2 is 2.33 bits per heavy atom. The van der Waals surface area contributed by atoms with Crippen LogP contribution >= 0.6 is 0 Å². The molecule has 1 fully saturated rings. The van der Waals surface area contributed by atoms with E-state index in [4.69, 9.17) is 5.11 Å². The van der Waals surface area contributed by atoms with E-state index < -0.39 is 5.97 Å². The third-order valence-electron chi connectivity index (χ3n) is 2.37. The summed E-state index contributed by atoms with van der Waals surface area (Å²) in [5.41, 5.74) is 0.385. The molecule has 0 radical (unpaired) electrons. The van der Waals surface area contributed by atoms with E-state index >= 15 is 0 Å². The van der Waals surface area contributed by atoms with Gasteiger partial charge < -0.3 is 10.1 Å². The van der Waals surface area contributed by atoms with Gasteiger partial charge in [0.05, 0.1) is 6.42 Å². The molecule has 1 aliphatic carbocycles. The SMILES string of the molecule is O=C(O)CCc1cc(=O)[nH]c(C2CC2)n1. The summed E-state index contributed by atoms with van der Waals surface area (Å²) >= 11 is 0. The summed E-state index contributed by atoms with van der Waals surface area (Å²) < 4.78 is 0. The number of nitrogens with zero attached hydrogens (tertiary/aromatic N) is 1. The van der Waals surface area contributed by atoms with Crippen LogP contribution in [0, 0.1) is 0 Å². The number of aryl methyl sites for hydroxylation is 1. The molecule has 0 bridgehead atoms. The Morgan fingerprint density at radius 3 is 2.93 bits per heavy atom. The van der Waals surface area contributed by atoms with Crippen LogP contribution in [0.3, 0.4) is 0 Å². The van der Waals surface area contributed by atoms with E-state index in [0.717, 1.165) is 12.8 Å². The molecule has 0 atom stereocenters. The second kappa shape index (κ2) is 3.84. The average Bonchev–Trinajstić information content (AvgIpc) is 2.97. The number of carboxylic acids is 1. The lowest BCUT2D eigenvalue weighted by atomic mass is 10.2. The molecule has 80 valence electrons. The minimum Gasteiger partial charge on any atom is -0.481 e. The summed E-state index contributed by atoms with van der Waals surface area (Å²) in [5.74, 6) is 0.218. The Balaban J connectivity index is 2.15. The van der Waals surface area contributed by atoms with Crippen molar-refractivity contribution in [3.05, 3.63) is 27.9 Å². The third kappa shape index (κ3) is 2.65. The molecule has 2 N–H and O–H groups in total. The zero-order valence-electron chi connectivity index (χ0n) is 8.19. The van der Waals surface area contributed by atoms with Crippen molar-refractivity contribution in [3.8, 4) is 0 Å². The van der Waals surface area contributed by atoms with Gasteiger partial charge in [0.1, 0.15) is 5.82 Å². The molecular weight excluding hydrogens is 196 g/mol. The molecule has 0 unspecified atom stereocenters. The summed E-state index contributed by atoms with van der Waals surface area (Å²) in [6.07, 6.45) is 2.45. The van der Waals surface area contributed by atoms with Crippen LogP contribution in [0.4, 0.5) is 0 Å². The van der Waals surface area contributed by atoms with Gasteiger partial charge in [-0.1, -0.05) is 0 Å². The number of rotatable bonds is 4. The van der Waals surface area contributed by atoms with Gasteiger partial charge in [-0.05, 0) is 12.8 Å². The lowest BCUT2D eigenvalue weighted by molar-refractivity contribution is -0.136. The van der Waals surface area contributed by atoms with E-state index in [9.17, 15) is 9.59 Å². The van der Waals surface area contributed by atoms with E-state index in [-0.39, 0.29) is 12.0 Å². The fourth-order valence-corrected chi connectivity index (χ4v) is 1.44. The maximum Gasteiger partial charge on any atom is 0.303 e. The van der Waals surface area contributed by atoms with Crippen LogP contribution in [0.25, 0.3) is 0 Å². The second-order valence-electron chi connectivity index (χ2n) is 3.79. The van der Waals surface area contributed by atoms with E-state index in [0.29, 0.717) is 23.9 Å². The smallest absolute Gasteiger partial charge is 0.303 e. The van der Waals surface area contributed by atoms with Crippen LogP contribution in [0.5, 0.6) is 0 Å². The summed E-state index contributed by atoms with van der Waals surface area (Å²) in [7, 11) is 0. The van der Waals surface area contributed by atoms with Crippen molar-refractivity contribution in [3.63, 3.8) is 0 Å². The van der Waals surface area contributed by atoms with E-state index in [2.05, 4.69) is 9.97 Å². The van der Waals surface area contributed by atoms with E-state index in [1.807, 2.05) is 0 Å². The zero-order valence-corrected chi connectivity index (χ0v) is 8.19. The van der Waals surface area contributed by atoms with Crippen molar-refractivity contribution in [2.45, 2.75) is 31.6 Å². The Labute approximate surface area is 86.2 Å². The van der Waals surface area contributed by atoms with Gasteiger partial charge in [0.2, 0.25) is 0 Å². The molecule has 5 heteroatoms. The van der Waals surface area contributed by atoms with Crippen molar-refractivity contribution in [2.75, 3.05) is 0 Å². The normalized spacial score (nSPS) is 15.2. The van der Waals surface area contributed by atoms with Gasteiger partial charge in [-0.15, -0.1) is 0 Å². The van der Waals surface area contributed by atoms with Crippen LogP contribution in [-0.2, 0) is 11.2 Å². The molecule has 1 heterocycles. The monoisotopic (exact) mass is 208 g/mol. The largest absolute Gasteiger partial charge is 0.481 e. The third-order valence-corrected chi connectivity index (χ3v) is 2.37. The molecule has 15 heavy (non-hydrogen) atoms. The number of aromatic nitrogens is 2. The average molecular weight is 208 g/mol. The van der Waals surface area contributed by atoms with Crippen molar-refractivity contribution >= 4 is 5.97 Å². The fourth-order valence-electron chi connectivity index (χ4n) is 1.44. The second-order valence-corrected chi connectivity index (χ2v) is 3.79. The molecule has 5 nitrogen and oxygen atoms in total. The first-order valence-electron chi connectivity index (χ1n) is 4.97. The van der Waals surface area contributed by atoms with Gasteiger partial charge in [-0.3, -0.25) is 9.59 Å². The summed E-state index contributed by atoms with van der Waals surface area (Å²) in [6, 6.07) is 1.37. The van der Waals surface area contributed by atoms with Crippen molar-refractivity contribution < 1.29 is 9.90 Å². The zero-order chi connectivity index (χ0) is 10.8.